The molecule has 1 atom stereocenters. The maximum absolute atomic E-state index is 11.7. The molecule has 27 heavy (non-hydrogen) atoms. The van der Waals surface area contributed by atoms with Crippen LogP contribution >= 0.6 is 0 Å². The van der Waals surface area contributed by atoms with Crippen LogP contribution in [0.5, 0.6) is 0 Å². The van der Waals surface area contributed by atoms with Gasteiger partial charge in [-0.25, -0.2) is 0 Å². The number of allylic oxidation sites excluding steroid dienone is 10. The van der Waals surface area contributed by atoms with Crippen LogP contribution in [0.2, 0.25) is 0 Å². The first kappa shape index (κ1) is 24.6. The smallest absolute Gasteiger partial charge is 0.187 e. The van der Waals surface area contributed by atoms with Crippen LogP contribution in [0.3, 0.4) is 0 Å². The van der Waals surface area contributed by atoms with Crippen LogP contribution in [0.1, 0.15) is 13.3 Å². The molecule has 5 nitrogen and oxygen atoms in total. The van der Waals surface area contributed by atoms with Crippen LogP contribution in [-0.2, 0) is 26.4 Å². The number of carbonyl (C=O) groups is 2. The van der Waals surface area contributed by atoms with Crippen molar-refractivity contribution in [2.45, 2.75) is 19.4 Å². The van der Waals surface area contributed by atoms with Gasteiger partial charge in [-0.05, 0) is 37.6 Å². The Bertz CT molecular complexity index is 713. The Kier molecular flexibility index (Phi) is 12.5. The second-order valence-corrected chi connectivity index (χ2v) is 5.80. The van der Waals surface area contributed by atoms with Gasteiger partial charge in [0, 0.05) is 60.0 Å². The van der Waals surface area contributed by atoms with Crippen LogP contribution in [0.15, 0.2) is 84.3 Å². The Morgan fingerprint density at radius 2 is 1.48 bits per heavy atom. The molecule has 6 heteroatoms. The predicted molar refractivity (Wildman–Crippen MR) is 105 cm³/mol. The number of ketones is 2. The first-order chi connectivity index (χ1) is 12.6. The SMILES string of the molecule is C=C(C)CC(CN/C=C1/C=CC=CC1=O)N/C=C1/C=CC=CC1=O.CO.[Co]. The minimum atomic E-state index is -0.0149. The first-order valence-corrected chi connectivity index (χ1v) is 8.33. The van der Waals surface area contributed by atoms with Gasteiger partial charge in [-0.3, -0.25) is 9.59 Å². The molecular formula is C21H26CoN2O3. The number of hydrogen-bond donors (Lipinski definition) is 3. The molecule has 1 unspecified atom stereocenters. The van der Waals surface area contributed by atoms with E-state index in [4.69, 9.17) is 5.11 Å². The fourth-order valence-electron chi connectivity index (χ4n) is 2.33. The molecule has 3 N–H and O–H groups in total. The number of rotatable bonds is 7. The van der Waals surface area contributed by atoms with Gasteiger partial charge in [0.25, 0.3) is 0 Å². The zero-order chi connectivity index (χ0) is 19.4. The summed E-state index contributed by atoms with van der Waals surface area (Å²) in [5.41, 5.74) is 2.29. The summed E-state index contributed by atoms with van der Waals surface area (Å²) in [6.07, 6.45) is 18.0. The summed E-state index contributed by atoms with van der Waals surface area (Å²) in [5, 5.41) is 13.4. The normalized spacial score (nSPS) is 18.6. The van der Waals surface area contributed by atoms with Crippen molar-refractivity contribution in [1.29, 1.82) is 0 Å². The van der Waals surface area contributed by atoms with Crippen LogP contribution in [0.4, 0.5) is 0 Å². The summed E-state index contributed by atoms with van der Waals surface area (Å²) in [7, 11) is 1.00. The van der Waals surface area contributed by atoms with Crippen molar-refractivity contribution < 1.29 is 31.5 Å². The molecular weight excluding hydrogens is 387 g/mol. The summed E-state index contributed by atoms with van der Waals surface area (Å²) in [4.78, 5) is 23.4. The van der Waals surface area contributed by atoms with Crippen molar-refractivity contribution in [3.05, 3.63) is 84.3 Å². The molecule has 0 fully saturated rings. The van der Waals surface area contributed by atoms with Gasteiger partial charge in [-0.15, -0.1) is 6.58 Å². The monoisotopic (exact) mass is 413 g/mol. The maximum atomic E-state index is 11.7. The van der Waals surface area contributed by atoms with E-state index in [1.54, 1.807) is 42.8 Å². The van der Waals surface area contributed by atoms with Gasteiger partial charge in [-0.2, -0.15) is 0 Å². The van der Waals surface area contributed by atoms with Crippen LogP contribution in [0.25, 0.3) is 0 Å². The van der Waals surface area contributed by atoms with E-state index >= 15 is 0 Å². The molecule has 0 aromatic heterocycles. The second kappa shape index (κ2) is 13.7. The Morgan fingerprint density at radius 1 is 1.00 bits per heavy atom. The Hall–Kier alpha value is -2.41. The number of aliphatic hydroxyl groups excluding tert-OH is 1. The van der Waals surface area contributed by atoms with E-state index in [1.165, 1.54) is 6.08 Å². The van der Waals surface area contributed by atoms with Gasteiger partial charge in [-0.1, -0.05) is 29.9 Å². The van der Waals surface area contributed by atoms with Crippen molar-refractivity contribution in [2.75, 3.05) is 13.7 Å². The van der Waals surface area contributed by atoms with Crippen LogP contribution in [-0.4, -0.2) is 36.4 Å². The van der Waals surface area contributed by atoms with E-state index in [9.17, 15) is 9.59 Å². The maximum Gasteiger partial charge on any atom is 0.187 e. The summed E-state index contributed by atoms with van der Waals surface area (Å²) in [5.74, 6) is -0.0277. The van der Waals surface area contributed by atoms with Crippen molar-refractivity contribution >= 4 is 11.6 Å². The third-order valence-corrected chi connectivity index (χ3v) is 3.53. The van der Waals surface area contributed by atoms with E-state index in [0.717, 1.165) is 19.1 Å². The Morgan fingerprint density at radius 3 is 1.96 bits per heavy atom. The molecule has 0 spiro atoms. The van der Waals surface area contributed by atoms with E-state index in [1.807, 2.05) is 19.1 Å². The quantitative estimate of drug-likeness (QED) is 0.441. The molecule has 147 valence electrons. The summed E-state index contributed by atoms with van der Waals surface area (Å²) in [6.45, 7) is 6.52. The summed E-state index contributed by atoms with van der Waals surface area (Å²) in [6, 6.07) is 0.0668. The van der Waals surface area contributed by atoms with Crippen molar-refractivity contribution in [1.82, 2.24) is 10.6 Å². The number of hydrogen-bond acceptors (Lipinski definition) is 5. The second-order valence-electron chi connectivity index (χ2n) is 5.80. The van der Waals surface area contributed by atoms with Crippen molar-refractivity contribution in [3.63, 3.8) is 0 Å². The Labute approximate surface area is 171 Å². The van der Waals surface area contributed by atoms with Gasteiger partial charge >= 0.3 is 0 Å². The van der Waals surface area contributed by atoms with Gasteiger partial charge in [0.05, 0.1) is 0 Å². The molecule has 0 heterocycles. The fourth-order valence-corrected chi connectivity index (χ4v) is 2.33. The number of carbonyl (C=O) groups excluding carboxylic acids is 2. The Balaban J connectivity index is 0.00000218. The van der Waals surface area contributed by atoms with E-state index in [2.05, 4.69) is 17.2 Å². The molecule has 0 saturated heterocycles. The first-order valence-electron chi connectivity index (χ1n) is 8.33. The largest absolute Gasteiger partial charge is 0.400 e. The average Bonchev–Trinajstić information content (AvgIpc) is 2.63. The fraction of sp³-hybridized carbons (Fsp3) is 0.238. The predicted octanol–water partition coefficient (Wildman–Crippen LogP) is 2.26. The van der Waals surface area contributed by atoms with Gasteiger partial charge < -0.3 is 15.7 Å². The molecule has 2 aliphatic rings. The molecule has 0 aliphatic heterocycles. The average molecular weight is 413 g/mol. The molecule has 0 aromatic carbocycles. The zero-order valence-electron chi connectivity index (χ0n) is 15.6. The van der Waals surface area contributed by atoms with Crippen molar-refractivity contribution in [3.8, 4) is 0 Å². The van der Waals surface area contributed by atoms with E-state index in [0.29, 0.717) is 17.7 Å². The van der Waals surface area contributed by atoms with Crippen molar-refractivity contribution in [2.24, 2.45) is 0 Å². The third kappa shape index (κ3) is 9.19. The minimum absolute atomic E-state index is 0. The van der Waals surface area contributed by atoms with E-state index < -0.39 is 0 Å². The van der Waals surface area contributed by atoms with Gasteiger partial charge in [0.1, 0.15) is 0 Å². The summed E-state index contributed by atoms with van der Waals surface area (Å²) < 4.78 is 0. The van der Waals surface area contributed by atoms with E-state index in [-0.39, 0.29) is 34.4 Å². The molecule has 0 amide bonds. The third-order valence-electron chi connectivity index (χ3n) is 3.53. The van der Waals surface area contributed by atoms with Crippen LogP contribution < -0.4 is 10.6 Å². The number of aliphatic hydroxyl groups is 1. The molecule has 0 aromatic rings. The van der Waals surface area contributed by atoms with Crippen LogP contribution in [0, 0.1) is 0 Å². The molecule has 2 rings (SSSR count). The zero-order valence-corrected chi connectivity index (χ0v) is 16.6. The molecule has 0 bridgehead atoms. The molecule has 1 radical (unpaired) electrons. The van der Waals surface area contributed by atoms with Gasteiger partial charge in [0.2, 0.25) is 0 Å². The number of nitrogens with one attached hydrogen (secondary N) is 2. The minimum Gasteiger partial charge on any atom is -0.400 e. The molecule has 2 aliphatic carbocycles. The molecule has 0 saturated carbocycles. The topological polar surface area (TPSA) is 78.4 Å². The summed E-state index contributed by atoms with van der Waals surface area (Å²) >= 11 is 0. The standard InChI is InChI=1S/C20H22N2O2.CH4O.Co/c1-15(2)11-18(22-13-17-8-4-6-10-20(17)24)14-21-12-16-7-3-5-9-19(16)23;1-2;/h3-10,12-13,18,21-22H,1,11,14H2,2H3;2H,1H3;/b16-12-,17-13-;;. The van der Waals surface area contributed by atoms with Gasteiger partial charge in [0.15, 0.2) is 11.6 Å².